The number of sulfonamides is 1. The first-order valence-electron chi connectivity index (χ1n) is 6.27. The fraction of sp³-hybridized carbons (Fsp3) is 0.727. The number of hydrogen-bond donors (Lipinski definition) is 1. The molecular weight excluding hydrogens is 268 g/mol. The molecule has 0 aliphatic carbocycles. The lowest BCUT2D eigenvalue weighted by atomic mass is 10.1. The van der Waals surface area contributed by atoms with E-state index >= 15 is 0 Å². The summed E-state index contributed by atoms with van der Waals surface area (Å²) in [6, 6.07) is 0. The van der Waals surface area contributed by atoms with Gasteiger partial charge in [-0.25, -0.2) is 13.4 Å². The van der Waals surface area contributed by atoms with E-state index in [0.29, 0.717) is 13.2 Å². The zero-order valence-corrected chi connectivity index (χ0v) is 12.1. The first-order valence-corrected chi connectivity index (χ1v) is 7.71. The predicted molar refractivity (Wildman–Crippen MR) is 71.0 cm³/mol. The molecule has 7 nitrogen and oxygen atoms in total. The number of ether oxygens (including phenoxy) is 1. The summed E-state index contributed by atoms with van der Waals surface area (Å²) in [5.74, 6) is 0.0268. The van der Waals surface area contributed by atoms with E-state index in [-0.39, 0.29) is 16.9 Å². The number of aromatic nitrogens is 2. The van der Waals surface area contributed by atoms with Crippen molar-refractivity contribution in [2.75, 3.05) is 25.9 Å². The van der Waals surface area contributed by atoms with Gasteiger partial charge in [-0.3, -0.25) is 0 Å². The average Bonchev–Trinajstić information content (AvgIpc) is 2.70. The Morgan fingerprint density at radius 2 is 2.32 bits per heavy atom. The number of nitrogen functional groups attached to an aromatic ring is 1. The van der Waals surface area contributed by atoms with Gasteiger partial charge in [0.2, 0.25) is 0 Å². The number of nitrogens with zero attached hydrogens (tertiary/aromatic N) is 3. The van der Waals surface area contributed by atoms with Crippen LogP contribution in [0.3, 0.4) is 0 Å². The van der Waals surface area contributed by atoms with E-state index in [1.807, 2.05) is 0 Å². The van der Waals surface area contributed by atoms with Crippen LogP contribution in [-0.2, 0) is 21.8 Å². The van der Waals surface area contributed by atoms with Crippen LogP contribution in [0.5, 0.6) is 0 Å². The molecule has 2 rings (SSSR count). The van der Waals surface area contributed by atoms with Crippen molar-refractivity contribution in [2.45, 2.75) is 30.4 Å². The number of nitrogens with two attached hydrogens (primary N) is 1. The summed E-state index contributed by atoms with van der Waals surface area (Å²) in [4.78, 5) is 3.82. The fourth-order valence-electron chi connectivity index (χ4n) is 2.24. The summed E-state index contributed by atoms with van der Waals surface area (Å²) in [5.41, 5.74) is 5.63. The Morgan fingerprint density at radius 3 is 2.84 bits per heavy atom. The number of rotatable bonds is 4. The van der Waals surface area contributed by atoms with E-state index in [4.69, 9.17) is 10.5 Å². The van der Waals surface area contributed by atoms with Crippen LogP contribution in [-0.4, -0.2) is 48.6 Å². The zero-order valence-electron chi connectivity index (χ0n) is 11.2. The third kappa shape index (κ3) is 2.90. The molecule has 8 heteroatoms. The molecule has 2 heterocycles. The van der Waals surface area contributed by atoms with Crippen molar-refractivity contribution in [3.05, 3.63) is 6.33 Å². The SMILES string of the molecule is CN(CC1CCCCO1)S(=O)(=O)c1c(N)ncn1C. The van der Waals surface area contributed by atoms with Crippen LogP contribution >= 0.6 is 0 Å². The van der Waals surface area contributed by atoms with Crippen LogP contribution in [0.2, 0.25) is 0 Å². The van der Waals surface area contributed by atoms with E-state index in [0.717, 1.165) is 19.3 Å². The second-order valence-corrected chi connectivity index (χ2v) is 6.78. The highest BCUT2D eigenvalue weighted by Gasteiger charge is 2.29. The third-order valence-corrected chi connectivity index (χ3v) is 5.25. The van der Waals surface area contributed by atoms with Crippen molar-refractivity contribution in [3.8, 4) is 0 Å². The van der Waals surface area contributed by atoms with Crippen LogP contribution < -0.4 is 5.73 Å². The summed E-state index contributed by atoms with van der Waals surface area (Å²) < 4.78 is 33.1. The monoisotopic (exact) mass is 288 g/mol. The lowest BCUT2D eigenvalue weighted by Gasteiger charge is -2.27. The van der Waals surface area contributed by atoms with Crippen LogP contribution in [0, 0.1) is 0 Å². The average molecular weight is 288 g/mol. The molecule has 1 atom stereocenters. The summed E-state index contributed by atoms with van der Waals surface area (Å²) in [5, 5.41) is 0.0332. The molecule has 108 valence electrons. The van der Waals surface area contributed by atoms with Crippen molar-refractivity contribution in [1.82, 2.24) is 13.9 Å². The van der Waals surface area contributed by atoms with Crippen molar-refractivity contribution >= 4 is 15.8 Å². The molecule has 1 aliphatic rings. The van der Waals surface area contributed by atoms with Gasteiger partial charge in [0.15, 0.2) is 10.8 Å². The number of hydrogen-bond acceptors (Lipinski definition) is 5. The smallest absolute Gasteiger partial charge is 0.262 e. The minimum absolute atomic E-state index is 0.0268. The number of likely N-dealkylation sites (N-methyl/N-ethyl adjacent to an activating group) is 1. The Hall–Kier alpha value is -1.12. The Morgan fingerprint density at radius 1 is 1.58 bits per heavy atom. The molecule has 0 saturated carbocycles. The molecule has 1 fully saturated rings. The van der Waals surface area contributed by atoms with Crippen LogP contribution in [0.1, 0.15) is 19.3 Å². The Kier molecular flexibility index (Phi) is 4.12. The quantitative estimate of drug-likeness (QED) is 0.854. The second kappa shape index (κ2) is 5.48. The second-order valence-electron chi connectivity index (χ2n) is 4.82. The first-order chi connectivity index (χ1) is 8.93. The minimum Gasteiger partial charge on any atom is -0.381 e. The van der Waals surface area contributed by atoms with Gasteiger partial charge in [-0.05, 0) is 19.3 Å². The van der Waals surface area contributed by atoms with Crippen molar-refractivity contribution in [1.29, 1.82) is 0 Å². The van der Waals surface area contributed by atoms with Gasteiger partial charge < -0.3 is 15.0 Å². The summed E-state index contributed by atoms with van der Waals surface area (Å²) >= 11 is 0. The topological polar surface area (TPSA) is 90.4 Å². The van der Waals surface area contributed by atoms with Gasteiger partial charge in [-0.15, -0.1) is 0 Å². The molecule has 2 N–H and O–H groups in total. The molecule has 1 saturated heterocycles. The van der Waals surface area contributed by atoms with Gasteiger partial charge in [-0.2, -0.15) is 4.31 Å². The molecule has 1 aromatic rings. The molecule has 0 spiro atoms. The largest absolute Gasteiger partial charge is 0.381 e. The van der Waals surface area contributed by atoms with Gasteiger partial charge in [0.25, 0.3) is 10.0 Å². The van der Waals surface area contributed by atoms with Crippen LogP contribution in [0.25, 0.3) is 0 Å². The highest BCUT2D eigenvalue weighted by molar-refractivity contribution is 7.89. The zero-order chi connectivity index (χ0) is 14.0. The predicted octanol–water partition coefficient (Wildman–Crippen LogP) is 0.192. The first kappa shape index (κ1) is 14.3. The van der Waals surface area contributed by atoms with Crippen LogP contribution in [0.15, 0.2) is 11.4 Å². The molecular formula is C11H20N4O3S. The number of imidazole rings is 1. The molecule has 1 aromatic heterocycles. The molecule has 1 aliphatic heterocycles. The molecule has 0 amide bonds. The van der Waals surface area contributed by atoms with Gasteiger partial charge in [0.1, 0.15) is 0 Å². The van der Waals surface area contributed by atoms with Gasteiger partial charge in [0.05, 0.1) is 12.4 Å². The van der Waals surface area contributed by atoms with Crippen molar-refractivity contribution in [3.63, 3.8) is 0 Å². The summed E-state index contributed by atoms with van der Waals surface area (Å²) in [6.45, 7) is 1.04. The standard InChI is InChI=1S/C11H20N4O3S/c1-14-8-13-10(12)11(14)19(16,17)15(2)7-9-5-3-4-6-18-9/h8-9H,3-7,12H2,1-2H3. The van der Waals surface area contributed by atoms with E-state index in [1.54, 1.807) is 14.1 Å². The van der Waals surface area contributed by atoms with E-state index < -0.39 is 10.0 Å². The van der Waals surface area contributed by atoms with Crippen molar-refractivity contribution < 1.29 is 13.2 Å². The Balaban J connectivity index is 2.15. The highest BCUT2D eigenvalue weighted by Crippen LogP contribution is 2.21. The number of anilines is 1. The highest BCUT2D eigenvalue weighted by atomic mass is 32.2. The van der Waals surface area contributed by atoms with E-state index in [9.17, 15) is 8.42 Å². The maximum absolute atomic E-state index is 12.4. The van der Waals surface area contributed by atoms with Crippen LogP contribution in [0.4, 0.5) is 5.82 Å². The normalized spacial score (nSPS) is 20.9. The minimum atomic E-state index is -3.63. The summed E-state index contributed by atoms with van der Waals surface area (Å²) in [6.07, 6.45) is 4.37. The maximum atomic E-state index is 12.4. The number of aryl methyl sites for hydroxylation is 1. The maximum Gasteiger partial charge on any atom is 0.262 e. The molecule has 0 aromatic carbocycles. The van der Waals surface area contributed by atoms with Gasteiger partial charge in [0, 0.05) is 27.2 Å². The van der Waals surface area contributed by atoms with Gasteiger partial charge in [-0.1, -0.05) is 0 Å². The molecule has 1 unspecified atom stereocenters. The fourth-order valence-corrected chi connectivity index (χ4v) is 3.62. The Bertz CT molecular complexity index is 515. The van der Waals surface area contributed by atoms with E-state index in [2.05, 4.69) is 4.98 Å². The Labute approximate surface area is 113 Å². The lowest BCUT2D eigenvalue weighted by Crippen LogP contribution is -2.37. The molecule has 19 heavy (non-hydrogen) atoms. The molecule has 0 radical (unpaired) electrons. The third-order valence-electron chi connectivity index (χ3n) is 3.30. The summed E-state index contributed by atoms with van der Waals surface area (Å²) in [7, 11) is -0.474. The lowest BCUT2D eigenvalue weighted by molar-refractivity contribution is 0.00855. The van der Waals surface area contributed by atoms with E-state index in [1.165, 1.54) is 15.2 Å². The molecule has 0 bridgehead atoms. The van der Waals surface area contributed by atoms with Crippen molar-refractivity contribution in [2.24, 2.45) is 7.05 Å². The van der Waals surface area contributed by atoms with Gasteiger partial charge >= 0.3 is 0 Å².